The summed E-state index contributed by atoms with van der Waals surface area (Å²) < 4.78 is 7.18. The molecule has 0 atom stereocenters. The normalized spacial score (nSPS) is 13.3. The summed E-state index contributed by atoms with van der Waals surface area (Å²) in [5.74, 6) is 0.247. The third-order valence-corrected chi connectivity index (χ3v) is 6.82. The van der Waals surface area contributed by atoms with Gasteiger partial charge in [-0.05, 0) is 44.2 Å². The van der Waals surface area contributed by atoms with Crippen LogP contribution in [0.3, 0.4) is 0 Å². The number of morpholine rings is 1. The first-order chi connectivity index (χ1) is 17.9. The van der Waals surface area contributed by atoms with E-state index in [-0.39, 0.29) is 30.0 Å². The molecule has 2 N–H and O–H groups in total. The highest BCUT2D eigenvalue weighted by atomic mass is 32.2. The fourth-order valence-corrected chi connectivity index (χ4v) is 4.67. The number of carbonyl (C=O) groups excluding carboxylic acids is 3. The molecule has 37 heavy (non-hydrogen) atoms. The Hall–Kier alpha value is -3.70. The predicted molar refractivity (Wildman–Crippen MR) is 141 cm³/mol. The van der Waals surface area contributed by atoms with Gasteiger partial charge in [-0.15, -0.1) is 10.2 Å². The van der Waals surface area contributed by atoms with E-state index >= 15 is 0 Å². The number of carbonyl (C=O) groups is 3. The summed E-state index contributed by atoms with van der Waals surface area (Å²) in [6.07, 6.45) is 0. The first-order valence-electron chi connectivity index (χ1n) is 12.1. The summed E-state index contributed by atoms with van der Waals surface area (Å²) in [4.78, 5) is 39.5. The molecule has 10 nitrogen and oxygen atoms in total. The third-order valence-electron chi connectivity index (χ3n) is 5.85. The Morgan fingerprint density at radius 3 is 2.51 bits per heavy atom. The maximum atomic E-state index is 12.7. The fraction of sp³-hybridized carbons (Fsp3) is 0.346. The van der Waals surface area contributed by atoms with Gasteiger partial charge in [0, 0.05) is 36.4 Å². The minimum absolute atomic E-state index is 0.0770. The number of thioether (sulfide) groups is 1. The molecule has 3 amide bonds. The lowest BCUT2D eigenvalue weighted by molar-refractivity contribution is -0.113. The molecule has 2 aromatic carbocycles. The molecular weight excluding hydrogens is 492 g/mol. The van der Waals surface area contributed by atoms with E-state index in [0.29, 0.717) is 60.6 Å². The smallest absolute Gasteiger partial charge is 0.254 e. The molecule has 0 aliphatic carbocycles. The number of nitrogens with one attached hydrogen (secondary N) is 2. The van der Waals surface area contributed by atoms with E-state index in [2.05, 4.69) is 20.8 Å². The van der Waals surface area contributed by atoms with E-state index in [1.807, 2.05) is 30.5 Å². The van der Waals surface area contributed by atoms with Crippen LogP contribution in [0.1, 0.15) is 39.0 Å². The van der Waals surface area contributed by atoms with Gasteiger partial charge < -0.3 is 24.8 Å². The summed E-state index contributed by atoms with van der Waals surface area (Å²) in [7, 11) is 0. The zero-order valence-corrected chi connectivity index (χ0v) is 21.7. The van der Waals surface area contributed by atoms with Crippen LogP contribution in [0.4, 0.5) is 5.69 Å². The number of amides is 3. The lowest BCUT2D eigenvalue weighted by Crippen LogP contribution is -2.40. The van der Waals surface area contributed by atoms with E-state index in [0.717, 1.165) is 5.56 Å². The van der Waals surface area contributed by atoms with Gasteiger partial charge in [0.2, 0.25) is 5.91 Å². The summed E-state index contributed by atoms with van der Waals surface area (Å²) in [6, 6.07) is 14.3. The molecule has 1 fully saturated rings. The van der Waals surface area contributed by atoms with Gasteiger partial charge in [-0.25, -0.2) is 0 Å². The highest BCUT2D eigenvalue weighted by molar-refractivity contribution is 7.99. The number of benzene rings is 2. The van der Waals surface area contributed by atoms with E-state index in [1.165, 1.54) is 11.8 Å². The second-order valence-corrected chi connectivity index (χ2v) is 9.46. The van der Waals surface area contributed by atoms with E-state index < -0.39 is 0 Å². The number of hydrogen-bond donors (Lipinski definition) is 2. The van der Waals surface area contributed by atoms with Crippen LogP contribution in [0.2, 0.25) is 0 Å². The molecule has 1 aliphatic rings. The molecule has 0 spiro atoms. The molecule has 0 unspecified atom stereocenters. The van der Waals surface area contributed by atoms with Crippen LogP contribution in [0.15, 0.2) is 53.7 Å². The SMILES string of the molecule is CCn1c(CNC(=O)c2ccc(C)cc2)nnc1SCC(=O)Nc1cccc(C(=O)N2CCOCC2)c1. The topological polar surface area (TPSA) is 118 Å². The largest absolute Gasteiger partial charge is 0.378 e. The van der Waals surface area contributed by atoms with Gasteiger partial charge >= 0.3 is 0 Å². The number of rotatable bonds is 9. The van der Waals surface area contributed by atoms with Crippen molar-refractivity contribution in [1.82, 2.24) is 25.0 Å². The summed E-state index contributed by atoms with van der Waals surface area (Å²) >= 11 is 1.26. The fourth-order valence-electron chi connectivity index (χ4n) is 3.85. The number of aryl methyl sites for hydroxylation is 1. The van der Waals surface area contributed by atoms with Gasteiger partial charge in [0.05, 0.1) is 25.5 Å². The van der Waals surface area contributed by atoms with Crippen LogP contribution in [0.25, 0.3) is 0 Å². The number of anilines is 1. The molecule has 194 valence electrons. The molecule has 0 saturated carbocycles. The standard InChI is InChI=1S/C26H30N6O4S/c1-3-32-22(16-27-24(34)19-9-7-18(2)8-10-19)29-30-26(32)37-17-23(33)28-21-6-4-5-20(15-21)25(35)31-11-13-36-14-12-31/h4-10,15H,3,11-14,16-17H2,1-2H3,(H,27,34)(H,28,33). The van der Waals surface area contributed by atoms with Gasteiger partial charge in [0.15, 0.2) is 11.0 Å². The second-order valence-electron chi connectivity index (χ2n) is 8.51. The first-order valence-corrected chi connectivity index (χ1v) is 13.1. The van der Waals surface area contributed by atoms with E-state index in [1.54, 1.807) is 41.3 Å². The molecule has 3 aromatic rings. The number of aromatic nitrogens is 3. The Labute approximate surface area is 219 Å². The van der Waals surface area contributed by atoms with Crippen molar-refractivity contribution in [3.63, 3.8) is 0 Å². The van der Waals surface area contributed by atoms with Gasteiger partial charge in [0.1, 0.15) is 0 Å². The maximum absolute atomic E-state index is 12.7. The lowest BCUT2D eigenvalue weighted by atomic mass is 10.1. The molecule has 2 heterocycles. The Morgan fingerprint density at radius 2 is 1.78 bits per heavy atom. The summed E-state index contributed by atoms with van der Waals surface area (Å²) in [6.45, 7) is 6.92. The monoisotopic (exact) mass is 522 g/mol. The minimum Gasteiger partial charge on any atom is -0.378 e. The van der Waals surface area contributed by atoms with Crippen LogP contribution in [0, 0.1) is 6.92 Å². The molecule has 1 aliphatic heterocycles. The minimum atomic E-state index is -0.221. The van der Waals surface area contributed by atoms with Gasteiger partial charge in [-0.2, -0.15) is 0 Å². The van der Waals surface area contributed by atoms with Crippen molar-refractivity contribution in [1.29, 1.82) is 0 Å². The molecule has 1 saturated heterocycles. The maximum Gasteiger partial charge on any atom is 0.254 e. The van der Waals surface area contributed by atoms with Gasteiger partial charge in [-0.3, -0.25) is 14.4 Å². The predicted octanol–water partition coefficient (Wildman–Crippen LogP) is 2.74. The van der Waals surface area contributed by atoms with E-state index in [4.69, 9.17) is 4.74 Å². The average Bonchev–Trinajstić information content (AvgIpc) is 3.33. The van der Waals surface area contributed by atoms with Crippen molar-refractivity contribution in [2.24, 2.45) is 0 Å². The zero-order chi connectivity index (χ0) is 26.2. The number of ether oxygens (including phenoxy) is 1. The van der Waals surface area contributed by atoms with Crippen molar-refractivity contribution in [3.05, 3.63) is 71.0 Å². The second kappa shape index (κ2) is 12.5. The molecule has 0 bridgehead atoms. The zero-order valence-electron chi connectivity index (χ0n) is 20.9. The van der Waals surface area contributed by atoms with Gasteiger partial charge in [0.25, 0.3) is 11.8 Å². The Kier molecular flexibility index (Phi) is 8.91. The molecule has 0 radical (unpaired) electrons. The van der Waals surface area contributed by atoms with Gasteiger partial charge in [-0.1, -0.05) is 35.5 Å². The Morgan fingerprint density at radius 1 is 1.03 bits per heavy atom. The van der Waals surface area contributed by atoms with Crippen LogP contribution >= 0.6 is 11.8 Å². The summed E-state index contributed by atoms with van der Waals surface area (Å²) in [5, 5.41) is 14.7. The van der Waals surface area contributed by atoms with Crippen molar-refractivity contribution >= 4 is 35.2 Å². The molecule has 1 aromatic heterocycles. The Balaban J connectivity index is 1.30. The van der Waals surface area contributed by atoms with Crippen LogP contribution in [-0.4, -0.2) is 69.4 Å². The van der Waals surface area contributed by atoms with Crippen LogP contribution < -0.4 is 10.6 Å². The van der Waals surface area contributed by atoms with Crippen molar-refractivity contribution in [3.8, 4) is 0 Å². The Bertz CT molecular complexity index is 1250. The van der Waals surface area contributed by atoms with E-state index in [9.17, 15) is 14.4 Å². The summed E-state index contributed by atoms with van der Waals surface area (Å²) in [5.41, 5.74) is 2.74. The highest BCUT2D eigenvalue weighted by Gasteiger charge is 2.19. The third kappa shape index (κ3) is 6.95. The number of hydrogen-bond acceptors (Lipinski definition) is 7. The number of nitrogens with zero attached hydrogens (tertiary/aromatic N) is 4. The quantitative estimate of drug-likeness (QED) is 0.415. The average molecular weight is 523 g/mol. The van der Waals surface area contributed by atoms with Crippen LogP contribution in [-0.2, 0) is 22.6 Å². The lowest BCUT2D eigenvalue weighted by Gasteiger charge is -2.27. The molecular formula is C26H30N6O4S. The van der Waals surface area contributed by atoms with Crippen molar-refractivity contribution in [2.75, 3.05) is 37.4 Å². The van der Waals surface area contributed by atoms with Crippen LogP contribution in [0.5, 0.6) is 0 Å². The van der Waals surface area contributed by atoms with Crippen molar-refractivity contribution in [2.45, 2.75) is 32.1 Å². The first kappa shape index (κ1) is 26.4. The molecule has 11 heteroatoms. The molecule has 4 rings (SSSR count). The van der Waals surface area contributed by atoms with Crippen molar-refractivity contribution < 1.29 is 19.1 Å². The highest BCUT2D eigenvalue weighted by Crippen LogP contribution is 2.19.